The lowest BCUT2D eigenvalue weighted by atomic mass is 9.98. The minimum Gasteiger partial charge on any atom is -0.469 e. The van der Waals surface area contributed by atoms with E-state index in [-0.39, 0.29) is 30.4 Å². The Labute approximate surface area is 137 Å². The van der Waals surface area contributed by atoms with Gasteiger partial charge in [-0.3, -0.25) is 9.59 Å². The van der Waals surface area contributed by atoms with Gasteiger partial charge in [0, 0.05) is 23.7 Å². The number of hydrogen-bond acceptors (Lipinski definition) is 3. The molecular weight excluding hydrogens is 316 g/mol. The molecule has 0 saturated carbocycles. The molecule has 3 rings (SSSR count). The number of anilines is 1. The highest BCUT2D eigenvalue weighted by molar-refractivity contribution is 6.07. The average Bonchev–Trinajstić information content (AvgIpc) is 2.95. The van der Waals surface area contributed by atoms with Crippen LogP contribution < -0.4 is 4.90 Å². The predicted molar refractivity (Wildman–Crippen MR) is 83.9 cm³/mol. The topological polar surface area (TPSA) is 46.6 Å². The third-order valence-electron chi connectivity index (χ3n) is 4.12. The van der Waals surface area contributed by atoms with Crippen LogP contribution in [0, 0.1) is 11.6 Å². The number of methoxy groups -OCH3 is 1. The summed E-state index contributed by atoms with van der Waals surface area (Å²) in [6.45, 7) is 0.284. The van der Waals surface area contributed by atoms with Crippen molar-refractivity contribution in [1.29, 1.82) is 0 Å². The van der Waals surface area contributed by atoms with Crippen molar-refractivity contribution >= 4 is 17.6 Å². The zero-order valence-electron chi connectivity index (χ0n) is 13.0. The van der Waals surface area contributed by atoms with Crippen LogP contribution in [-0.2, 0) is 9.53 Å². The number of ether oxygens (including phenoxy) is 1. The Hall–Kier alpha value is -2.76. The number of carbonyl (C=O) groups is 2. The number of para-hydroxylation sites is 1. The lowest BCUT2D eigenvalue weighted by Crippen LogP contribution is -2.30. The predicted octanol–water partition coefficient (Wildman–Crippen LogP) is 3.27. The van der Waals surface area contributed by atoms with Gasteiger partial charge in [0.1, 0.15) is 0 Å². The fraction of sp³-hybridized carbons (Fsp3) is 0.222. The van der Waals surface area contributed by atoms with Crippen LogP contribution in [0.15, 0.2) is 42.5 Å². The van der Waals surface area contributed by atoms with E-state index in [0.717, 1.165) is 17.7 Å². The monoisotopic (exact) mass is 331 g/mol. The van der Waals surface area contributed by atoms with Crippen LogP contribution in [0.3, 0.4) is 0 Å². The Kier molecular flexibility index (Phi) is 4.29. The summed E-state index contributed by atoms with van der Waals surface area (Å²) >= 11 is 0. The first-order valence-corrected chi connectivity index (χ1v) is 7.44. The minimum atomic E-state index is -1.07. The number of halogens is 2. The number of carbonyl (C=O) groups excluding carboxylic acids is 2. The van der Waals surface area contributed by atoms with Crippen molar-refractivity contribution < 1.29 is 23.1 Å². The van der Waals surface area contributed by atoms with Crippen LogP contribution in [0.1, 0.15) is 28.3 Å². The van der Waals surface area contributed by atoms with Crippen LogP contribution in [0.5, 0.6) is 0 Å². The smallest absolute Gasteiger partial charge is 0.306 e. The van der Waals surface area contributed by atoms with Gasteiger partial charge in [-0.15, -0.1) is 0 Å². The molecule has 124 valence electrons. The molecule has 1 amide bonds. The summed E-state index contributed by atoms with van der Waals surface area (Å²) in [5.74, 6) is -3.06. The fourth-order valence-electron chi connectivity index (χ4n) is 2.93. The second-order valence-corrected chi connectivity index (χ2v) is 5.58. The largest absolute Gasteiger partial charge is 0.469 e. The van der Waals surface area contributed by atoms with Crippen molar-refractivity contribution in [1.82, 2.24) is 0 Å². The van der Waals surface area contributed by atoms with Gasteiger partial charge in [0.25, 0.3) is 5.91 Å². The highest BCUT2D eigenvalue weighted by Gasteiger charge is 2.34. The molecule has 0 N–H and O–H groups in total. The number of rotatable bonds is 3. The van der Waals surface area contributed by atoms with Crippen LogP contribution in [-0.4, -0.2) is 25.5 Å². The summed E-state index contributed by atoms with van der Waals surface area (Å²) in [5, 5.41) is 0. The van der Waals surface area contributed by atoms with Gasteiger partial charge >= 0.3 is 5.97 Å². The molecule has 0 spiro atoms. The average molecular weight is 331 g/mol. The second kappa shape index (κ2) is 6.39. The van der Waals surface area contributed by atoms with Crippen LogP contribution in [0.25, 0.3) is 0 Å². The Morgan fingerprint density at radius 2 is 1.92 bits per heavy atom. The van der Waals surface area contributed by atoms with Crippen molar-refractivity contribution in [3.05, 3.63) is 65.2 Å². The molecule has 6 heteroatoms. The first-order chi connectivity index (χ1) is 11.5. The van der Waals surface area contributed by atoms with Crippen molar-refractivity contribution in [2.45, 2.75) is 12.3 Å². The van der Waals surface area contributed by atoms with Gasteiger partial charge in [0.15, 0.2) is 11.6 Å². The van der Waals surface area contributed by atoms with Gasteiger partial charge in [-0.05, 0) is 29.8 Å². The maximum Gasteiger partial charge on any atom is 0.306 e. The molecule has 1 aliphatic rings. The Morgan fingerprint density at radius 3 is 2.62 bits per heavy atom. The van der Waals surface area contributed by atoms with Gasteiger partial charge in [0.05, 0.1) is 13.5 Å². The summed E-state index contributed by atoms with van der Waals surface area (Å²) in [6, 6.07) is 10.3. The third-order valence-corrected chi connectivity index (χ3v) is 4.12. The molecular formula is C18H15F2NO3. The van der Waals surface area contributed by atoms with Gasteiger partial charge in [0.2, 0.25) is 0 Å². The standard InChI is InChI=1S/C18H15F2NO3/c1-24-17(22)9-12-10-21(16-5-3-2-4-13(12)16)18(23)11-6-7-14(19)15(20)8-11/h2-8,12H,9-10H2,1H3. The molecule has 2 aromatic rings. The fourth-order valence-corrected chi connectivity index (χ4v) is 2.93. The normalized spacial score (nSPS) is 16.0. The zero-order valence-corrected chi connectivity index (χ0v) is 13.0. The number of nitrogens with zero attached hydrogens (tertiary/aromatic N) is 1. The van der Waals surface area contributed by atoms with Gasteiger partial charge in [-0.25, -0.2) is 8.78 Å². The van der Waals surface area contributed by atoms with Crippen molar-refractivity contribution in [3.63, 3.8) is 0 Å². The summed E-state index contributed by atoms with van der Waals surface area (Å²) in [7, 11) is 1.31. The maximum absolute atomic E-state index is 13.4. The van der Waals surface area contributed by atoms with E-state index >= 15 is 0 Å². The van der Waals surface area contributed by atoms with Crippen molar-refractivity contribution in [2.24, 2.45) is 0 Å². The molecule has 0 aromatic heterocycles. The highest BCUT2D eigenvalue weighted by atomic mass is 19.2. The second-order valence-electron chi connectivity index (χ2n) is 5.58. The SMILES string of the molecule is COC(=O)CC1CN(C(=O)c2ccc(F)c(F)c2)c2ccccc21. The molecule has 2 aromatic carbocycles. The van der Waals surface area contributed by atoms with Crippen molar-refractivity contribution in [3.8, 4) is 0 Å². The number of esters is 1. The van der Waals surface area contributed by atoms with E-state index in [4.69, 9.17) is 4.74 Å². The van der Waals surface area contributed by atoms with E-state index in [2.05, 4.69) is 0 Å². The van der Waals surface area contributed by atoms with Gasteiger partial charge in [-0.1, -0.05) is 18.2 Å². The summed E-state index contributed by atoms with van der Waals surface area (Å²) in [5.41, 5.74) is 1.59. The highest BCUT2D eigenvalue weighted by Crippen LogP contribution is 2.38. The zero-order chi connectivity index (χ0) is 17.3. The number of fused-ring (bicyclic) bond motifs is 1. The Bertz CT molecular complexity index is 807. The quantitative estimate of drug-likeness (QED) is 0.811. The molecule has 0 fully saturated rings. The van der Waals surface area contributed by atoms with Crippen LogP contribution >= 0.6 is 0 Å². The number of amides is 1. The number of hydrogen-bond donors (Lipinski definition) is 0. The van der Waals surface area contributed by atoms with Gasteiger partial charge < -0.3 is 9.64 Å². The summed E-state index contributed by atoms with van der Waals surface area (Å²) in [4.78, 5) is 25.8. The van der Waals surface area contributed by atoms with E-state index in [1.54, 1.807) is 12.1 Å². The molecule has 0 bridgehead atoms. The first kappa shape index (κ1) is 16.1. The van der Waals surface area contributed by atoms with Gasteiger partial charge in [-0.2, -0.15) is 0 Å². The lowest BCUT2D eigenvalue weighted by Gasteiger charge is -2.18. The van der Waals surface area contributed by atoms with E-state index in [1.807, 2.05) is 12.1 Å². The molecule has 1 heterocycles. The summed E-state index contributed by atoms with van der Waals surface area (Å²) < 4.78 is 31.2. The molecule has 1 aliphatic heterocycles. The van der Waals surface area contributed by atoms with E-state index in [0.29, 0.717) is 5.69 Å². The summed E-state index contributed by atoms with van der Waals surface area (Å²) in [6.07, 6.45) is 0.148. The van der Waals surface area contributed by atoms with E-state index < -0.39 is 17.5 Å². The first-order valence-electron chi connectivity index (χ1n) is 7.44. The lowest BCUT2D eigenvalue weighted by molar-refractivity contribution is -0.141. The van der Waals surface area contributed by atoms with E-state index in [1.165, 1.54) is 18.1 Å². The maximum atomic E-state index is 13.4. The molecule has 1 unspecified atom stereocenters. The molecule has 0 radical (unpaired) electrons. The molecule has 4 nitrogen and oxygen atoms in total. The van der Waals surface area contributed by atoms with E-state index in [9.17, 15) is 18.4 Å². The Morgan fingerprint density at radius 1 is 1.17 bits per heavy atom. The third kappa shape index (κ3) is 2.87. The molecule has 24 heavy (non-hydrogen) atoms. The molecule has 0 saturated heterocycles. The van der Waals surface area contributed by atoms with Crippen molar-refractivity contribution in [2.75, 3.05) is 18.6 Å². The van der Waals surface area contributed by atoms with Crippen LogP contribution in [0.2, 0.25) is 0 Å². The minimum absolute atomic E-state index is 0.0578. The number of benzene rings is 2. The van der Waals surface area contributed by atoms with Crippen LogP contribution in [0.4, 0.5) is 14.5 Å². The molecule has 1 atom stereocenters. The molecule has 0 aliphatic carbocycles. The Balaban J connectivity index is 1.92.